The maximum atomic E-state index is 12.4. The van der Waals surface area contributed by atoms with Crippen molar-refractivity contribution in [2.24, 2.45) is 0 Å². The van der Waals surface area contributed by atoms with Crippen molar-refractivity contribution in [1.82, 2.24) is 24.8 Å². The summed E-state index contributed by atoms with van der Waals surface area (Å²) in [5, 5.41) is 10.7. The zero-order valence-electron chi connectivity index (χ0n) is 15.3. The minimum Gasteiger partial charge on any atom is -0.339 e. The van der Waals surface area contributed by atoms with Crippen molar-refractivity contribution < 1.29 is 14.1 Å². The fraction of sp³-hybridized carbons (Fsp3) is 0.278. The lowest BCUT2D eigenvalue weighted by Crippen LogP contribution is -2.38. The molecule has 0 bridgehead atoms. The molecule has 0 saturated carbocycles. The Hall–Kier alpha value is -3.49. The van der Waals surface area contributed by atoms with Crippen LogP contribution < -0.4 is 5.32 Å². The van der Waals surface area contributed by atoms with Gasteiger partial charge < -0.3 is 14.7 Å². The fourth-order valence-electron chi connectivity index (χ4n) is 2.59. The first kappa shape index (κ1) is 18.3. The lowest BCUT2D eigenvalue weighted by atomic mass is 10.2. The van der Waals surface area contributed by atoms with Crippen molar-refractivity contribution in [3.63, 3.8) is 0 Å². The summed E-state index contributed by atoms with van der Waals surface area (Å²) in [6, 6.07) is 8.36. The number of anilines is 1. The summed E-state index contributed by atoms with van der Waals surface area (Å²) in [6.45, 7) is 3.37. The quantitative estimate of drug-likeness (QED) is 0.712. The normalized spacial score (nSPS) is 11.8. The van der Waals surface area contributed by atoms with E-state index in [0.29, 0.717) is 17.4 Å². The zero-order chi connectivity index (χ0) is 19.4. The summed E-state index contributed by atoms with van der Waals surface area (Å²) >= 11 is 0. The van der Waals surface area contributed by atoms with Gasteiger partial charge in [0.05, 0.1) is 6.54 Å². The van der Waals surface area contributed by atoms with Crippen LogP contribution in [0.5, 0.6) is 0 Å². The Morgan fingerprint density at radius 1 is 1.33 bits per heavy atom. The van der Waals surface area contributed by atoms with E-state index in [4.69, 9.17) is 4.52 Å². The minimum atomic E-state index is -0.484. The summed E-state index contributed by atoms with van der Waals surface area (Å²) in [5.41, 5.74) is 1.31. The number of aryl methyl sites for hydroxylation is 1. The number of carbonyl (C=O) groups is 2. The van der Waals surface area contributed by atoms with Crippen molar-refractivity contribution in [2.45, 2.75) is 19.9 Å². The second-order valence-electron chi connectivity index (χ2n) is 6.12. The molecule has 0 fully saturated rings. The van der Waals surface area contributed by atoms with Crippen LogP contribution in [-0.4, -0.2) is 50.2 Å². The molecule has 1 atom stereocenters. The summed E-state index contributed by atoms with van der Waals surface area (Å²) in [4.78, 5) is 30.3. The summed E-state index contributed by atoms with van der Waals surface area (Å²) in [6.07, 6.45) is 3.32. The maximum absolute atomic E-state index is 12.4. The van der Waals surface area contributed by atoms with Gasteiger partial charge in [0.2, 0.25) is 23.5 Å². The van der Waals surface area contributed by atoms with Crippen LogP contribution in [0, 0.1) is 6.92 Å². The van der Waals surface area contributed by atoms with Crippen molar-refractivity contribution in [2.75, 3.05) is 18.9 Å². The van der Waals surface area contributed by atoms with Gasteiger partial charge in [-0.15, -0.1) is 0 Å². The highest BCUT2D eigenvalue weighted by molar-refractivity contribution is 5.95. The number of rotatable bonds is 6. The molecule has 0 spiro atoms. The van der Waals surface area contributed by atoms with Gasteiger partial charge in [-0.05, 0) is 25.1 Å². The van der Waals surface area contributed by atoms with Crippen LogP contribution in [0.25, 0.3) is 11.4 Å². The Labute approximate surface area is 156 Å². The standard InChI is InChI=1S/C18H20N6O3/c1-12(24-9-5-8-19-24)18(26)23(3)11-16(25)21-15-7-4-6-14(10-15)17-20-13(2)27-22-17/h4-10,12H,11H2,1-3H3,(H,21,25). The van der Waals surface area contributed by atoms with Crippen molar-refractivity contribution in [1.29, 1.82) is 0 Å². The van der Waals surface area contributed by atoms with Crippen LogP contribution >= 0.6 is 0 Å². The second-order valence-corrected chi connectivity index (χ2v) is 6.12. The summed E-state index contributed by atoms with van der Waals surface area (Å²) < 4.78 is 6.52. The Morgan fingerprint density at radius 2 is 2.15 bits per heavy atom. The monoisotopic (exact) mass is 368 g/mol. The van der Waals surface area contributed by atoms with Crippen LogP contribution in [0.3, 0.4) is 0 Å². The molecular formula is C18H20N6O3. The molecule has 0 aliphatic rings. The SMILES string of the molecule is Cc1nc(-c2cccc(NC(=O)CN(C)C(=O)C(C)n3cccn3)c2)no1. The largest absolute Gasteiger partial charge is 0.339 e. The van der Waals surface area contributed by atoms with Gasteiger partial charge in [0.15, 0.2) is 0 Å². The third kappa shape index (κ3) is 4.38. The number of carbonyl (C=O) groups excluding carboxylic acids is 2. The molecule has 2 heterocycles. The molecule has 2 aromatic heterocycles. The van der Waals surface area contributed by atoms with Gasteiger partial charge in [-0.1, -0.05) is 17.3 Å². The van der Waals surface area contributed by atoms with Crippen LogP contribution in [0.1, 0.15) is 18.9 Å². The summed E-state index contributed by atoms with van der Waals surface area (Å²) in [5.74, 6) is 0.402. The minimum absolute atomic E-state index is 0.0734. The molecule has 140 valence electrons. The van der Waals surface area contributed by atoms with E-state index in [1.807, 2.05) is 6.07 Å². The first-order valence-electron chi connectivity index (χ1n) is 8.39. The molecule has 0 saturated heterocycles. The molecule has 3 rings (SSSR count). The van der Waals surface area contributed by atoms with Crippen molar-refractivity contribution >= 4 is 17.5 Å². The maximum Gasteiger partial charge on any atom is 0.247 e. The molecular weight excluding hydrogens is 348 g/mol. The molecule has 3 aromatic rings. The molecule has 2 amide bonds. The van der Waals surface area contributed by atoms with Crippen molar-refractivity contribution in [3.05, 3.63) is 48.6 Å². The van der Waals surface area contributed by atoms with Gasteiger partial charge in [0, 0.05) is 37.6 Å². The Morgan fingerprint density at radius 3 is 2.81 bits per heavy atom. The molecule has 1 unspecified atom stereocenters. The van der Waals surface area contributed by atoms with Crippen LogP contribution in [0.2, 0.25) is 0 Å². The van der Waals surface area contributed by atoms with E-state index in [9.17, 15) is 9.59 Å². The van der Waals surface area contributed by atoms with Gasteiger partial charge in [-0.3, -0.25) is 14.3 Å². The average molecular weight is 368 g/mol. The topological polar surface area (TPSA) is 106 Å². The van der Waals surface area contributed by atoms with E-state index in [0.717, 1.165) is 5.56 Å². The molecule has 0 aliphatic heterocycles. The predicted molar refractivity (Wildman–Crippen MR) is 97.7 cm³/mol. The van der Waals surface area contributed by atoms with Gasteiger partial charge in [0.25, 0.3) is 0 Å². The molecule has 9 heteroatoms. The van der Waals surface area contributed by atoms with E-state index in [2.05, 4.69) is 20.6 Å². The smallest absolute Gasteiger partial charge is 0.247 e. The number of amides is 2. The first-order chi connectivity index (χ1) is 12.9. The van der Waals surface area contributed by atoms with E-state index >= 15 is 0 Å². The number of likely N-dealkylation sites (N-methyl/N-ethyl adjacent to an activating group) is 1. The van der Waals surface area contributed by atoms with Gasteiger partial charge in [-0.25, -0.2) is 0 Å². The van der Waals surface area contributed by atoms with Crippen LogP contribution in [-0.2, 0) is 9.59 Å². The van der Waals surface area contributed by atoms with E-state index < -0.39 is 6.04 Å². The average Bonchev–Trinajstić information content (AvgIpc) is 3.32. The molecule has 0 radical (unpaired) electrons. The second kappa shape index (κ2) is 7.81. The number of nitrogens with zero attached hydrogens (tertiary/aromatic N) is 5. The number of hydrogen-bond acceptors (Lipinski definition) is 6. The number of nitrogens with one attached hydrogen (secondary N) is 1. The van der Waals surface area contributed by atoms with Gasteiger partial charge >= 0.3 is 0 Å². The van der Waals surface area contributed by atoms with E-state index in [1.54, 1.807) is 62.2 Å². The third-order valence-corrected chi connectivity index (χ3v) is 3.97. The Balaban J connectivity index is 1.61. The van der Waals surface area contributed by atoms with Gasteiger partial charge in [0.1, 0.15) is 6.04 Å². The van der Waals surface area contributed by atoms with E-state index in [-0.39, 0.29) is 18.4 Å². The lowest BCUT2D eigenvalue weighted by molar-refractivity contribution is -0.136. The Kier molecular flexibility index (Phi) is 5.30. The summed E-state index contributed by atoms with van der Waals surface area (Å²) in [7, 11) is 1.58. The fourth-order valence-corrected chi connectivity index (χ4v) is 2.59. The lowest BCUT2D eigenvalue weighted by Gasteiger charge is -2.21. The highest BCUT2D eigenvalue weighted by atomic mass is 16.5. The van der Waals surface area contributed by atoms with Crippen LogP contribution in [0.4, 0.5) is 5.69 Å². The first-order valence-corrected chi connectivity index (χ1v) is 8.39. The molecule has 0 aliphatic carbocycles. The number of benzene rings is 1. The molecule has 27 heavy (non-hydrogen) atoms. The van der Waals surface area contributed by atoms with E-state index in [1.165, 1.54) is 4.90 Å². The molecule has 9 nitrogen and oxygen atoms in total. The highest BCUT2D eigenvalue weighted by Gasteiger charge is 2.21. The molecule has 1 N–H and O–H groups in total. The Bertz CT molecular complexity index is 934. The highest BCUT2D eigenvalue weighted by Crippen LogP contribution is 2.20. The third-order valence-electron chi connectivity index (χ3n) is 3.97. The van der Waals surface area contributed by atoms with Crippen LogP contribution in [0.15, 0.2) is 47.2 Å². The zero-order valence-corrected chi connectivity index (χ0v) is 15.3. The number of hydrogen-bond donors (Lipinski definition) is 1. The number of aromatic nitrogens is 4. The van der Waals surface area contributed by atoms with Crippen molar-refractivity contribution in [3.8, 4) is 11.4 Å². The molecule has 1 aromatic carbocycles. The predicted octanol–water partition coefficient (Wildman–Crippen LogP) is 1.90. The van der Waals surface area contributed by atoms with Gasteiger partial charge in [-0.2, -0.15) is 10.1 Å².